The van der Waals surface area contributed by atoms with Gasteiger partial charge in [0.1, 0.15) is 16.5 Å². The Bertz CT molecular complexity index is 733. The van der Waals surface area contributed by atoms with Gasteiger partial charge in [-0.05, 0) is 18.6 Å². The van der Waals surface area contributed by atoms with Gasteiger partial charge in [-0.15, -0.1) is 0 Å². The fourth-order valence-corrected chi connectivity index (χ4v) is 3.74. The Hall–Kier alpha value is -1.84. The number of benzene rings is 1. The van der Waals surface area contributed by atoms with Crippen LogP contribution in [-0.2, 0) is 19.6 Å². The molecule has 8 nitrogen and oxygen atoms in total. The number of hydrogen-bond donors (Lipinski definition) is 2. The normalized spacial score (nSPS) is 12.5. The zero-order valence-electron chi connectivity index (χ0n) is 13.3. The predicted octanol–water partition coefficient (Wildman–Crippen LogP) is 1.67. The summed E-state index contributed by atoms with van der Waals surface area (Å²) >= 11 is 5.87. The third kappa shape index (κ3) is 4.59. The molecule has 0 heterocycles. The number of aliphatic carboxylic acids is 1. The molecule has 1 aromatic rings. The molecule has 0 bridgehead atoms. The Kier molecular flexibility index (Phi) is 7.00. The van der Waals surface area contributed by atoms with Crippen molar-refractivity contribution in [2.75, 3.05) is 14.2 Å². The molecule has 0 amide bonds. The zero-order valence-corrected chi connectivity index (χ0v) is 14.9. The van der Waals surface area contributed by atoms with Gasteiger partial charge in [-0.1, -0.05) is 24.9 Å². The number of ether oxygens (including phenoxy) is 2. The molecule has 0 aliphatic rings. The molecule has 1 atom stereocenters. The highest BCUT2D eigenvalue weighted by molar-refractivity contribution is 7.89. The molecule has 1 aromatic carbocycles. The summed E-state index contributed by atoms with van der Waals surface area (Å²) < 4.78 is 36.8. The molecule has 0 fully saturated rings. The van der Waals surface area contributed by atoms with Crippen LogP contribution in [-0.4, -0.2) is 45.7 Å². The lowest BCUT2D eigenvalue weighted by Crippen LogP contribution is -2.40. The van der Waals surface area contributed by atoms with E-state index in [1.54, 1.807) is 6.92 Å². The summed E-state index contributed by atoms with van der Waals surface area (Å²) in [5, 5.41) is 9.08. The number of nitrogens with one attached hydrogen (secondary N) is 1. The standard InChI is InChI=1S/C14H18ClNO7S/c1-4-5-10(13(17)18)16-24(20,21)11-7-8(15)6-9(12(11)22-2)14(19)23-3/h6-7,10,16H,4-5H2,1-3H3,(H,17,18). The van der Waals surface area contributed by atoms with Gasteiger partial charge in [-0.3, -0.25) is 4.79 Å². The minimum absolute atomic E-state index is 0.0426. The van der Waals surface area contributed by atoms with Crippen molar-refractivity contribution >= 4 is 33.6 Å². The summed E-state index contributed by atoms with van der Waals surface area (Å²) in [4.78, 5) is 22.5. The molecular weight excluding hydrogens is 362 g/mol. The summed E-state index contributed by atoms with van der Waals surface area (Å²) in [6.45, 7) is 1.72. The quantitative estimate of drug-likeness (QED) is 0.659. The zero-order chi connectivity index (χ0) is 18.5. The summed E-state index contributed by atoms with van der Waals surface area (Å²) in [7, 11) is -2.01. The van der Waals surface area contributed by atoms with Crippen LogP contribution < -0.4 is 9.46 Å². The Morgan fingerprint density at radius 1 is 1.33 bits per heavy atom. The maximum absolute atomic E-state index is 12.6. The van der Waals surface area contributed by atoms with Crippen LogP contribution in [0.2, 0.25) is 5.02 Å². The molecule has 0 radical (unpaired) electrons. The molecular formula is C14H18ClNO7S. The van der Waals surface area contributed by atoms with E-state index in [1.165, 1.54) is 13.2 Å². The fraction of sp³-hybridized carbons (Fsp3) is 0.429. The molecule has 0 spiro atoms. The Morgan fingerprint density at radius 3 is 2.42 bits per heavy atom. The van der Waals surface area contributed by atoms with Crippen LogP contribution in [0.3, 0.4) is 0 Å². The Balaban J connectivity index is 3.45. The third-order valence-corrected chi connectivity index (χ3v) is 4.79. The van der Waals surface area contributed by atoms with E-state index in [1.807, 2.05) is 0 Å². The van der Waals surface area contributed by atoms with Gasteiger partial charge < -0.3 is 14.6 Å². The lowest BCUT2D eigenvalue weighted by atomic mass is 10.2. The summed E-state index contributed by atoms with van der Waals surface area (Å²) in [5.74, 6) is -2.43. The molecule has 1 rings (SSSR count). The maximum Gasteiger partial charge on any atom is 0.341 e. The summed E-state index contributed by atoms with van der Waals surface area (Å²) in [6, 6.07) is 0.955. The SMILES string of the molecule is CCCC(NS(=O)(=O)c1cc(Cl)cc(C(=O)OC)c1OC)C(=O)O. The molecule has 0 saturated carbocycles. The average molecular weight is 380 g/mol. The van der Waals surface area contributed by atoms with Crippen molar-refractivity contribution in [3.63, 3.8) is 0 Å². The van der Waals surface area contributed by atoms with Gasteiger partial charge in [0.25, 0.3) is 0 Å². The number of esters is 1. The molecule has 24 heavy (non-hydrogen) atoms. The van der Waals surface area contributed by atoms with Crippen molar-refractivity contribution in [2.24, 2.45) is 0 Å². The minimum Gasteiger partial charge on any atom is -0.494 e. The number of sulfonamides is 1. The summed E-state index contributed by atoms with van der Waals surface area (Å²) in [5.41, 5.74) is -0.185. The molecule has 2 N–H and O–H groups in total. The first-order valence-corrected chi connectivity index (χ1v) is 8.75. The van der Waals surface area contributed by atoms with Crippen LogP contribution in [0.15, 0.2) is 17.0 Å². The van der Waals surface area contributed by atoms with Gasteiger partial charge in [0.2, 0.25) is 10.0 Å². The Labute approximate surface area is 144 Å². The molecule has 1 unspecified atom stereocenters. The van der Waals surface area contributed by atoms with Crippen LogP contribution in [0.1, 0.15) is 30.1 Å². The van der Waals surface area contributed by atoms with E-state index in [0.717, 1.165) is 13.2 Å². The highest BCUT2D eigenvalue weighted by Crippen LogP contribution is 2.32. The van der Waals surface area contributed by atoms with Gasteiger partial charge in [0.05, 0.1) is 14.2 Å². The molecule has 0 aromatic heterocycles. The fourth-order valence-electron chi connectivity index (χ4n) is 2.01. The van der Waals surface area contributed by atoms with Crippen molar-refractivity contribution in [2.45, 2.75) is 30.7 Å². The van der Waals surface area contributed by atoms with E-state index in [4.69, 9.17) is 21.4 Å². The van der Waals surface area contributed by atoms with Crippen molar-refractivity contribution in [3.05, 3.63) is 22.7 Å². The second-order valence-electron chi connectivity index (χ2n) is 4.78. The van der Waals surface area contributed by atoms with Gasteiger partial charge in [0, 0.05) is 5.02 Å². The summed E-state index contributed by atoms with van der Waals surface area (Å²) in [6.07, 6.45) is 0.556. The van der Waals surface area contributed by atoms with Crippen molar-refractivity contribution in [1.82, 2.24) is 4.72 Å². The van der Waals surface area contributed by atoms with Crippen molar-refractivity contribution in [3.8, 4) is 5.75 Å². The third-order valence-electron chi connectivity index (χ3n) is 3.09. The van der Waals surface area contributed by atoms with E-state index >= 15 is 0 Å². The maximum atomic E-state index is 12.6. The van der Waals surface area contributed by atoms with Gasteiger partial charge in [0.15, 0.2) is 5.75 Å². The molecule has 0 aliphatic heterocycles. The van der Waals surface area contributed by atoms with Crippen LogP contribution >= 0.6 is 11.6 Å². The topological polar surface area (TPSA) is 119 Å². The average Bonchev–Trinajstić information content (AvgIpc) is 2.52. The van der Waals surface area contributed by atoms with Crippen LogP contribution in [0, 0.1) is 0 Å². The van der Waals surface area contributed by atoms with E-state index < -0.39 is 32.9 Å². The van der Waals surface area contributed by atoms with Gasteiger partial charge in [-0.25, -0.2) is 13.2 Å². The van der Waals surface area contributed by atoms with Crippen molar-refractivity contribution in [1.29, 1.82) is 0 Å². The number of carbonyl (C=O) groups is 2. The largest absolute Gasteiger partial charge is 0.494 e. The second kappa shape index (κ2) is 8.32. The molecule has 134 valence electrons. The van der Waals surface area contributed by atoms with E-state index in [-0.39, 0.29) is 22.8 Å². The monoisotopic (exact) mass is 379 g/mol. The number of methoxy groups -OCH3 is 2. The smallest absolute Gasteiger partial charge is 0.341 e. The van der Waals surface area contributed by atoms with E-state index in [9.17, 15) is 18.0 Å². The first-order valence-electron chi connectivity index (χ1n) is 6.88. The molecule has 10 heteroatoms. The van der Waals surface area contributed by atoms with E-state index in [0.29, 0.717) is 6.42 Å². The van der Waals surface area contributed by atoms with Gasteiger partial charge in [-0.2, -0.15) is 4.72 Å². The first kappa shape index (κ1) is 20.2. The number of hydrogen-bond acceptors (Lipinski definition) is 6. The number of carboxylic acids is 1. The molecule has 0 saturated heterocycles. The van der Waals surface area contributed by atoms with Gasteiger partial charge >= 0.3 is 11.9 Å². The number of halogens is 1. The predicted molar refractivity (Wildman–Crippen MR) is 86.0 cm³/mol. The van der Waals surface area contributed by atoms with Crippen LogP contribution in [0.5, 0.6) is 5.75 Å². The Morgan fingerprint density at radius 2 is 1.96 bits per heavy atom. The first-order chi connectivity index (χ1) is 11.2. The lowest BCUT2D eigenvalue weighted by Gasteiger charge is -2.17. The van der Waals surface area contributed by atoms with Crippen LogP contribution in [0.4, 0.5) is 0 Å². The number of rotatable bonds is 8. The lowest BCUT2D eigenvalue weighted by molar-refractivity contribution is -0.139. The van der Waals surface area contributed by atoms with Crippen LogP contribution in [0.25, 0.3) is 0 Å². The minimum atomic E-state index is -4.30. The highest BCUT2D eigenvalue weighted by atomic mass is 35.5. The number of carbonyl (C=O) groups excluding carboxylic acids is 1. The number of carboxylic acid groups (broad SMARTS) is 1. The van der Waals surface area contributed by atoms with E-state index in [2.05, 4.69) is 9.46 Å². The highest BCUT2D eigenvalue weighted by Gasteiger charge is 2.30. The second-order valence-corrected chi connectivity index (χ2v) is 6.90. The van der Waals surface area contributed by atoms with Crippen molar-refractivity contribution < 1.29 is 32.6 Å². The molecule has 0 aliphatic carbocycles.